The topological polar surface area (TPSA) is 24.5 Å². The van der Waals surface area contributed by atoms with Crippen LogP contribution in [0.5, 0.6) is 0 Å². The molecule has 1 N–H and O–H groups in total. The lowest BCUT2D eigenvalue weighted by atomic mass is 10.2. The van der Waals surface area contributed by atoms with Gasteiger partial charge in [-0.1, -0.05) is 13.3 Å². The third kappa shape index (κ3) is 7.77. The number of rotatable bonds is 9. The molecule has 0 saturated carbocycles. The van der Waals surface area contributed by atoms with Crippen LogP contribution in [0, 0.1) is 0 Å². The fraction of sp³-hybridized carbons (Fsp3) is 1.00. The van der Waals surface area contributed by atoms with E-state index in [-0.39, 0.29) is 6.10 Å². The van der Waals surface area contributed by atoms with Gasteiger partial charge in [0.15, 0.2) is 0 Å². The highest BCUT2D eigenvalue weighted by molar-refractivity contribution is 4.68. The molecule has 3 heteroatoms. The summed E-state index contributed by atoms with van der Waals surface area (Å²) in [5.41, 5.74) is 0. The molecule has 3 nitrogen and oxygen atoms in total. The number of hydrogen-bond acceptors (Lipinski definition) is 3. The van der Waals surface area contributed by atoms with Gasteiger partial charge in [0.1, 0.15) is 0 Å². The standard InChI is InChI=1S/C12H28N2O/c1-6-7-9-14(4)10-8-13-11(2)12(3)15-5/h11-13H,6-10H2,1-5H3. The molecular formula is C12H28N2O. The second-order valence-corrected chi connectivity index (χ2v) is 4.34. The lowest BCUT2D eigenvalue weighted by molar-refractivity contribution is 0.0879. The third-order valence-corrected chi connectivity index (χ3v) is 2.93. The Balaban J connectivity index is 3.43. The van der Waals surface area contributed by atoms with Gasteiger partial charge in [-0.05, 0) is 33.9 Å². The van der Waals surface area contributed by atoms with Crippen molar-refractivity contribution in [2.45, 2.75) is 45.8 Å². The van der Waals surface area contributed by atoms with E-state index in [4.69, 9.17) is 4.74 Å². The van der Waals surface area contributed by atoms with Crippen LogP contribution in [-0.4, -0.2) is 50.8 Å². The highest BCUT2D eigenvalue weighted by Gasteiger charge is 2.09. The number of hydrogen-bond donors (Lipinski definition) is 1. The quantitative estimate of drug-likeness (QED) is 0.635. The van der Waals surface area contributed by atoms with E-state index in [1.807, 2.05) is 0 Å². The highest BCUT2D eigenvalue weighted by Crippen LogP contribution is 1.96. The van der Waals surface area contributed by atoms with Crippen molar-refractivity contribution in [3.8, 4) is 0 Å². The van der Waals surface area contributed by atoms with Crippen molar-refractivity contribution in [2.75, 3.05) is 33.8 Å². The van der Waals surface area contributed by atoms with E-state index in [9.17, 15) is 0 Å². The fourth-order valence-electron chi connectivity index (χ4n) is 1.39. The first-order valence-electron chi connectivity index (χ1n) is 6.06. The zero-order valence-corrected chi connectivity index (χ0v) is 11.0. The Morgan fingerprint density at radius 2 is 1.93 bits per heavy atom. The minimum atomic E-state index is 0.283. The van der Waals surface area contributed by atoms with Crippen molar-refractivity contribution >= 4 is 0 Å². The Morgan fingerprint density at radius 1 is 1.27 bits per heavy atom. The molecule has 15 heavy (non-hydrogen) atoms. The number of likely N-dealkylation sites (N-methyl/N-ethyl adjacent to an activating group) is 1. The highest BCUT2D eigenvalue weighted by atomic mass is 16.5. The number of unbranched alkanes of at least 4 members (excludes halogenated alkanes) is 1. The molecule has 2 unspecified atom stereocenters. The molecular weight excluding hydrogens is 188 g/mol. The second kappa shape index (κ2) is 9.13. The summed E-state index contributed by atoms with van der Waals surface area (Å²) in [6, 6.07) is 0.426. The Morgan fingerprint density at radius 3 is 2.47 bits per heavy atom. The van der Waals surface area contributed by atoms with Crippen LogP contribution in [0.4, 0.5) is 0 Å². The average molecular weight is 216 g/mol. The molecule has 0 radical (unpaired) electrons. The number of ether oxygens (including phenoxy) is 1. The minimum absolute atomic E-state index is 0.283. The van der Waals surface area contributed by atoms with Gasteiger partial charge in [-0.15, -0.1) is 0 Å². The molecule has 2 atom stereocenters. The molecule has 0 heterocycles. The Bertz CT molecular complexity index is 142. The smallest absolute Gasteiger partial charge is 0.0693 e. The maximum Gasteiger partial charge on any atom is 0.0693 e. The van der Waals surface area contributed by atoms with E-state index in [2.05, 4.69) is 38.0 Å². The van der Waals surface area contributed by atoms with Gasteiger partial charge in [0.25, 0.3) is 0 Å². The Hall–Kier alpha value is -0.120. The second-order valence-electron chi connectivity index (χ2n) is 4.34. The van der Waals surface area contributed by atoms with Crippen molar-refractivity contribution in [1.29, 1.82) is 0 Å². The van der Waals surface area contributed by atoms with Gasteiger partial charge in [0.05, 0.1) is 6.10 Å². The number of nitrogens with one attached hydrogen (secondary N) is 1. The first-order chi connectivity index (χ1) is 7.11. The summed E-state index contributed by atoms with van der Waals surface area (Å²) >= 11 is 0. The molecule has 0 aliphatic heterocycles. The van der Waals surface area contributed by atoms with Crippen molar-refractivity contribution in [3.63, 3.8) is 0 Å². The normalized spacial score (nSPS) is 15.6. The molecule has 0 aromatic rings. The summed E-state index contributed by atoms with van der Waals surface area (Å²) < 4.78 is 5.26. The van der Waals surface area contributed by atoms with Crippen LogP contribution < -0.4 is 5.32 Å². The van der Waals surface area contributed by atoms with Crippen LogP contribution in [0.2, 0.25) is 0 Å². The molecule has 0 aliphatic carbocycles. The molecule has 0 rings (SSSR count). The first kappa shape index (κ1) is 14.9. The molecule has 0 amide bonds. The summed E-state index contributed by atoms with van der Waals surface area (Å²) in [7, 11) is 3.94. The van der Waals surface area contributed by atoms with Gasteiger partial charge in [-0.2, -0.15) is 0 Å². The van der Waals surface area contributed by atoms with Crippen molar-refractivity contribution in [1.82, 2.24) is 10.2 Å². The lowest BCUT2D eigenvalue weighted by Crippen LogP contribution is -2.40. The summed E-state index contributed by atoms with van der Waals surface area (Å²) in [6.45, 7) is 9.84. The van der Waals surface area contributed by atoms with Crippen LogP contribution in [0.25, 0.3) is 0 Å². The number of methoxy groups -OCH3 is 1. The molecule has 92 valence electrons. The van der Waals surface area contributed by atoms with Crippen LogP contribution in [0.15, 0.2) is 0 Å². The zero-order chi connectivity index (χ0) is 11.7. The van der Waals surface area contributed by atoms with Gasteiger partial charge in [-0.3, -0.25) is 0 Å². The summed E-state index contributed by atoms with van der Waals surface area (Å²) in [6.07, 6.45) is 2.85. The summed E-state index contributed by atoms with van der Waals surface area (Å²) in [4.78, 5) is 2.38. The van der Waals surface area contributed by atoms with Crippen LogP contribution in [-0.2, 0) is 4.74 Å². The molecule has 0 aromatic heterocycles. The van der Waals surface area contributed by atoms with E-state index in [0.717, 1.165) is 13.1 Å². The van der Waals surface area contributed by atoms with E-state index in [1.165, 1.54) is 19.4 Å². The monoisotopic (exact) mass is 216 g/mol. The largest absolute Gasteiger partial charge is 0.380 e. The van der Waals surface area contributed by atoms with Crippen molar-refractivity contribution in [2.24, 2.45) is 0 Å². The fourth-order valence-corrected chi connectivity index (χ4v) is 1.39. The minimum Gasteiger partial charge on any atom is -0.380 e. The van der Waals surface area contributed by atoms with Crippen molar-refractivity contribution < 1.29 is 4.74 Å². The van der Waals surface area contributed by atoms with Gasteiger partial charge in [0.2, 0.25) is 0 Å². The van der Waals surface area contributed by atoms with E-state index in [1.54, 1.807) is 7.11 Å². The van der Waals surface area contributed by atoms with Crippen LogP contribution in [0.1, 0.15) is 33.6 Å². The van der Waals surface area contributed by atoms with Gasteiger partial charge < -0.3 is 15.0 Å². The van der Waals surface area contributed by atoms with Crippen LogP contribution >= 0.6 is 0 Å². The van der Waals surface area contributed by atoms with Crippen molar-refractivity contribution in [3.05, 3.63) is 0 Å². The molecule has 0 aliphatic rings. The Labute approximate surface area is 95.2 Å². The van der Waals surface area contributed by atoms with E-state index in [0.29, 0.717) is 6.04 Å². The molecule has 0 aromatic carbocycles. The maximum atomic E-state index is 5.26. The predicted octanol–water partition coefficient (Wildman–Crippen LogP) is 1.73. The summed E-state index contributed by atoms with van der Waals surface area (Å²) in [5, 5.41) is 3.47. The Kier molecular flexibility index (Phi) is 9.06. The zero-order valence-electron chi connectivity index (χ0n) is 11.0. The predicted molar refractivity (Wildman–Crippen MR) is 66.3 cm³/mol. The number of nitrogens with zero attached hydrogens (tertiary/aromatic N) is 1. The molecule has 0 bridgehead atoms. The van der Waals surface area contributed by atoms with Gasteiger partial charge in [0, 0.05) is 26.2 Å². The SMILES string of the molecule is CCCCN(C)CCNC(C)C(C)OC. The molecule has 0 saturated heterocycles. The summed E-state index contributed by atoms with van der Waals surface area (Å²) in [5.74, 6) is 0. The first-order valence-corrected chi connectivity index (χ1v) is 6.06. The third-order valence-electron chi connectivity index (χ3n) is 2.93. The lowest BCUT2D eigenvalue weighted by Gasteiger charge is -2.22. The molecule has 0 fully saturated rings. The average Bonchev–Trinajstić information content (AvgIpc) is 2.24. The molecule has 0 spiro atoms. The van der Waals surface area contributed by atoms with Crippen LogP contribution in [0.3, 0.4) is 0 Å². The van der Waals surface area contributed by atoms with E-state index < -0.39 is 0 Å². The van der Waals surface area contributed by atoms with E-state index >= 15 is 0 Å². The van der Waals surface area contributed by atoms with Gasteiger partial charge >= 0.3 is 0 Å². The maximum absolute atomic E-state index is 5.26. The van der Waals surface area contributed by atoms with Gasteiger partial charge in [-0.25, -0.2) is 0 Å².